The number of carboxylic acid groups (broad SMARTS) is 1. The molecule has 3 N–H and O–H groups in total. The predicted octanol–water partition coefficient (Wildman–Crippen LogP) is 0.119. The lowest BCUT2D eigenvalue weighted by atomic mass is 10.8. The molecule has 10 nitrogen and oxygen atoms in total. The number of aryl methyl sites for hydroxylation is 1. The third kappa shape index (κ3) is 2.62. The van der Waals surface area contributed by atoms with Crippen LogP contribution in [-0.4, -0.2) is 55.9 Å². The van der Waals surface area contributed by atoms with Crippen LogP contribution in [0.3, 0.4) is 0 Å². The molecule has 1 fully saturated rings. The first kappa shape index (κ1) is 16.0. The summed E-state index contributed by atoms with van der Waals surface area (Å²) in [6.07, 6.45) is -0.610. The monoisotopic (exact) mass is 384 g/mol. The van der Waals surface area contributed by atoms with Crippen molar-refractivity contribution in [3.05, 3.63) is 0 Å². The Morgan fingerprint density at radius 3 is 2.95 bits per heavy atom. The predicted molar refractivity (Wildman–Crippen MR) is 84.6 cm³/mol. The van der Waals surface area contributed by atoms with Crippen LogP contribution >= 0.6 is 23.5 Å². The fraction of sp³-hybridized carbons (Fsp3) is 0.625. The Balaban J connectivity index is 1.95. The highest BCUT2D eigenvalue weighted by atomic mass is 32.9. The Bertz CT molecular complexity index is 690. The maximum Gasteiger partial charge on any atom is 0.426 e. The number of hydrogen-bond donors (Lipinski definition) is 2. The number of fused-ring (bicyclic) bond motifs is 1. The minimum Gasteiger partial charge on any atom is -0.472 e. The number of carbonyl (C=O) groups is 2. The number of thioether (sulfide) groups is 2. The van der Waals surface area contributed by atoms with E-state index in [9.17, 15) is 14.7 Å². The van der Waals surface area contributed by atoms with Crippen LogP contribution in [-0.2, 0) is 30.9 Å². The number of ether oxygens (including phenoxy) is 1. The first-order chi connectivity index (χ1) is 10.3. The number of hydrogen-bond acceptors (Lipinski definition) is 9. The summed E-state index contributed by atoms with van der Waals surface area (Å²) in [4.78, 5) is 23.2. The zero-order chi connectivity index (χ0) is 16.1. The van der Waals surface area contributed by atoms with Gasteiger partial charge in [0.2, 0.25) is 10.7 Å². The summed E-state index contributed by atoms with van der Waals surface area (Å²) in [5.74, 6) is 0. The topological polar surface area (TPSA) is 136 Å². The van der Waals surface area contributed by atoms with Crippen LogP contribution in [0.1, 0.15) is 6.92 Å². The zero-order valence-corrected chi connectivity index (χ0v) is 14.7. The minimum atomic E-state index is -1.33. The number of rotatable bonds is 3. The molecule has 0 bridgehead atoms. The first-order valence-electron chi connectivity index (χ1n) is 5.82. The summed E-state index contributed by atoms with van der Waals surface area (Å²) >= 11 is 2.58. The van der Waals surface area contributed by atoms with Crippen LogP contribution in [0.2, 0.25) is 0 Å². The molecule has 14 heteroatoms. The third-order valence-electron chi connectivity index (χ3n) is 2.75. The Kier molecular flexibility index (Phi) is 4.13. The summed E-state index contributed by atoms with van der Waals surface area (Å²) < 4.78 is 6.90. The molecule has 0 spiro atoms. The van der Waals surface area contributed by atoms with Gasteiger partial charge in [-0.1, -0.05) is 33.0 Å². The van der Waals surface area contributed by atoms with Gasteiger partial charge in [0.15, 0.2) is 0 Å². The molecule has 0 radical (unpaired) electrons. The molecule has 0 saturated carbocycles. The van der Waals surface area contributed by atoms with E-state index in [2.05, 4.69) is 15.5 Å². The summed E-state index contributed by atoms with van der Waals surface area (Å²) in [6, 6.07) is 0. The van der Waals surface area contributed by atoms with Crippen molar-refractivity contribution in [2.45, 2.75) is 21.8 Å². The first-order valence-corrected chi connectivity index (χ1v) is 10.8. The number of aromatic nitrogens is 4. The van der Waals surface area contributed by atoms with Crippen molar-refractivity contribution >= 4 is 54.0 Å². The number of nitrogens with two attached hydrogens (primary N) is 1. The molecule has 3 heterocycles. The van der Waals surface area contributed by atoms with Gasteiger partial charge in [0.25, 0.3) is 0 Å². The van der Waals surface area contributed by atoms with Gasteiger partial charge >= 0.3 is 11.4 Å². The smallest absolute Gasteiger partial charge is 0.426 e. The van der Waals surface area contributed by atoms with Gasteiger partial charge in [-0.05, 0) is 17.4 Å². The van der Waals surface area contributed by atoms with Crippen molar-refractivity contribution in [2.24, 2.45) is 12.8 Å². The van der Waals surface area contributed by atoms with Crippen LogP contribution < -0.4 is 5.73 Å². The van der Waals surface area contributed by atoms with Crippen LogP contribution in [0.4, 0.5) is 9.59 Å². The van der Waals surface area contributed by atoms with Gasteiger partial charge in [-0.2, -0.15) is 4.31 Å². The molecule has 1 amide bonds. The third-order valence-corrected chi connectivity index (χ3v) is 13.2. The van der Waals surface area contributed by atoms with Crippen molar-refractivity contribution < 1.29 is 19.4 Å². The second-order valence-electron chi connectivity index (χ2n) is 4.36. The highest BCUT2D eigenvalue weighted by Gasteiger charge is 2.53. The SMILES string of the molecule is Cn1nnnc1SCS1=S(C(=O)O)N2C(=O)O[C@@H]2S[C@@]1(C)N. The van der Waals surface area contributed by atoms with Crippen molar-refractivity contribution in [1.82, 2.24) is 24.5 Å². The van der Waals surface area contributed by atoms with E-state index >= 15 is 0 Å². The largest absolute Gasteiger partial charge is 0.472 e. The van der Waals surface area contributed by atoms with Crippen LogP contribution in [0, 0.1) is 0 Å². The van der Waals surface area contributed by atoms with Gasteiger partial charge in [0.05, 0.1) is 14.7 Å². The van der Waals surface area contributed by atoms with Gasteiger partial charge in [-0.25, -0.2) is 14.3 Å². The summed E-state index contributed by atoms with van der Waals surface area (Å²) in [6.45, 7) is 1.77. The molecule has 1 saturated heterocycles. The molecule has 122 valence electrons. The normalized spacial score (nSPS) is 33.9. The summed E-state index contributed by atoms with van der Waals surface area (Å²) in [5, 5.41) is 20.6. The van der Waals surface area contributed by atoms with Gasteiger partial charge in [-0.3, -0.25) is 0 Å². The maximum absolute atomic E-state index is 11.7. The van der Waals surface area contributed by atoms with E-state index in [4.69, 9.17) is 10.5 Å². The average Bonchev–Trinajstić information content (AvgIpc) is 2.81. The van der Waals surface area contributed by atoms with Gasteiger partial charge < -0.3 is 15.6 Å². The van der Waals surface area contributed by atoms with E-state index in [1.807, 2.05) is 0 Å². The van der Waals surface area contributed by atoms with Crippen LogP contribution in [0.15, 0.2) is 5.16 Å². The van der Waals surface area contributed by atoms with E-state index in [1.165, 1.54) is 32.5 Å². The van der Waals surface area contributed by atoms with E-state index in [-0.39, 0.29) is 0 Å². The lowest BCUT2D eigenvalue weighted by Crippen LogP contribution is -2.63. The lowest BCUT2D eigenvalue weighted by molar-refractivity contribution is 0.00726. The quantitative estimate of drug-likeness (QED) is 0.691. The molecule has 0 aliphatic carbocycles. The van der Waals surface area contributed by atoms with Gasteiger partial charge in [-0.15, -0.1) is 5.10 Å². The van der Waals surface area contributed by atoms with Crippen molar-refractivity contribution in [3.8, 4) is 0 Å². The lowest BCUT2D eigenvalue weighted by Gasteiger charge is -2.48. The molecule has 4 atom stereocenters. The van der Waals surface area contributed by atoms with E-state index in [0.717, 1.165) is 0 Å². The summed E-state index contributed by atoms with van der Waals surface area (Å²) in [7, 11) is -0.422. The Hall–Kier alpha value is -0.830. The highest BCUT2D eigenvalue weighted by Crippen LogP contribution is 2.44. The highest BCUT2D eigenvalue weighted by molar-refractivity contribution is 8.55. The van der Waals surface area contributed by atoms with Crippen molar-refractivity contribution in [1.29, 1.82) is 0 Å². The van der Waals surface area contributed by atoms with Crippen molar-refractivity contribution in [3.63, 3.8) is 0 Å². The van der Waals surface area contributed by atoms with Crippen LogP contribution in [0.5, 0.6) is 0 Å². The molecule has 1 aromatic heterocycles. The van der Waals surface area contributed by atoms with Gasteiger partial charge in [0, 0.05) is 7.05 Å². The molecule has 3 rings (SSSR count). The van der Waals surface area contributed by atoms with Crippen LogP contribution in [0.25, 0.3) is 0 Å². The Labute approximate surface area is 137 Å². The molecule has 1 aromatic rings. The second kappa shape index (κ2) is 5.67. The van der Waals surface area contributed by atoms with Gasteiger partial charge in [0.1, 0.15) is 4.20 Å². The zero-order valence-electron chi connectivity index (χ0n) is 11.4. The molecule has 2 aliphatic rings. The molecule has 0 aromatic carbocycles. The van der Waals surface area contributed by atoms with Crippen molar-refractivity contribution in [2.75, 3.05) is 5.08 Å². The van der Waals surface area contributed by atoms with E-state index in [1.54, 1.807) is 14.0 Å². The molecular formula is C8H12N6O4S4. The number of amides is 1. The molecule has 22 heavy (non-hydrogen) atoms. The average molecular weight is 384 g/mol. The molecular weight excluding hydrogens is 372 g/mol. The fourth-order valence-corrected chi connectivity index (χ4v) is 12.4. The standard InChI is InChI=1S/C8H12N6O4S4/c1-8(9)20-6-14(5(15)18-6)22(7(16)17)21(8)3-19-4-10-11-12-13(4)2/h6H,3,9H2,1-2H3,(H,16,17)/t6-,8-,21?,22?/m1/s1. The van der Waals surface area contributed by atoms with E-state index < -0.39 is 40.3 Å². The van der Waals surface area contributed by atoms with E-state index in [0.29, 0.717) is 10.2 Å². The Morgan fingerprint density at radius 1 is 1.68 bits per heavy atom. The summed E-state index contributed by atoms with van der Waals surface area (Å²) in [5.41, 5.74) is 5.67. The maximum atomic E-state index is 11.7. The molecule has 2 unspecified atom stereocenters. The minimum absolute atomic E-state index is 0.403. The number of carbonyl (C=O) groups excluding carboxylic acids is 1. The number of nitrogens with zero attached hydrogens (tertiary/aromatic N) is 5. The second-order valence-corrected chi connectivity index (χ2v) is 12.6. The molecule has 2 aliphatic heterocycles. The Morgan fingerprint density at radius 2 is 2.41 bits per heavy atom. The fourth-order valence-electron chi connectivity index (χ4n) is 1.73. The number of tetrazole rings is 1.